The first-order chi connectivity index (χ1) is 8.16. The number of hydrogen-bond donors (Lipinski definition) is 2. The number of thiophene rings is 1. The lowest BCUT2D eigenvalue weighted by atomic mass is 10.2. The van der Waals surface area contributed by atoms with Crippen LogP contribution in [0.1, 0.15) is 21.6 Å². The summed E-state index contributed by atoms with van der Waals surface area (Å²) < 4.78 is 0. The van der Waals surface area contributed by atoms with Crippen molar-refractivity contribution >= 4 is 23.1 Å². The fourth-order valence-electron chi connectivity index (χ4n) is 1.47. The van der Waals surface area contributed by atoms with E-state index >= 15 is 0 Å². The second-order valence-corrected chi connectivity index (χ2v) is 4.40. The van der Waals surface area contributed by atoms with Crippen LogP contribution in [-0.2, 0) is 6.54 Å². The topological polar surface area (TPSA) is 62.2 Å². The van der Waals surface area contributed by atoms with Gasteiger partial charge in [-0.05, 0) is 41.4 Å². The Morgan fingerprint density at radius 3 is 2.88 bits per heavy atom. The van der Waals surface area contributed by atoms with Crippen LogP contribution in [0.4, 0.5) is 5.82 Å². The number of carboxylic acids is 1. The van der Waals surface area contributed by atoms with Crippen molar-refractivity contribution in [3.63, 3.8) is 0 Å². The zero-order valence-electron chi connectivity index (χ0n) is 9.30. The third kappa shape index (κ3) is 2.82. The molecule has 0 saturated heterocycles. The van der Waals surface area contributed by atoms with Gasteiger partial charge in [0.15, 0.2) is 0 Å². The van der Waals surface area contributed by atoms with E-state index in [9.17, 15) is 4.79 Å². The molecule has 17 heavy (non-hydrogen) atoms. The number of hydrogen-bond acceptors (Lipinski definition) is 4. The van der Waals surface area contributed by atoms with E-state index in [2.05, 4.69) is 15.7 Å². The van der Waals surface area contributed by atoms with E-state index in [0.29, 0.717) is 18.1 Å². The minimum Gasteiger partial charge on any atom is -0.478 e. The summed E-state index contributed by atoms with van der Waals surface area (Å²) in [5.41, 5.74) is 1.95. The van der Waals surface area contributed by atoms with Gasteiger partial charge in [0.1, 0.15) is 5.82 Å². The molecule has 2 aromatic heterocycles. The van der Waals surface area contributed by atoms with Gasteiger partial charge in [0.05, 0.1) is 11.3 Å². The zero-order valence-corrected chi connectivity index (χ0v) is 10.1. The average molecular weight is 248 g/mol. The molecule has 0 amide bonds. The lowest BCUT2D eigenvalue weighted by Gasteiger charge is -2.06. The predicted octanol–water partition coefficient (Wildman–Crippen LogP) is 2.76. The average Bonchev–Trinajstić information content (AvgIpc) is 2.78. The lowest BCUT2D eigenvalue weighted by Crippen LogP contribution is -2.05. The summed E-state index contributed by atoms with van der Waals surface area (Å²) in [7, 11) is 0. The molecule has 0 fully saturated rings. The van der Waals surface area contributed by atoms with Crippen LogP contribution in [0.2, 0.25) is 0 Å². The maximum Gasteiger partial charge on any atom is 0.337 e. The Hall–Kier alpha value is -1.88. The van der Waals surface area contributed by atoms with Gasteiger partial charge in [-0.1, -0.05) is 0 Å². The standard InChI is InChI=1S/C12H12N2O2S/c1-8-10(12(15)16)2-3-11(14-8)13-6-9-4-5-17-7-9/h2-5,7H,6H2,1H3,(H,13,14)(H,15,16). The quantitative estimate of drug-likeness (QED) is 0.873. The number of pyridine rings is 1. The SMILES string of the molecule is Cc1nc(NCc2ccsc2)ccc1C(=O)O. The number of aryl methyl sites for hydroxylation is 1. The highest BCUT2D eigenvalue weighted by molar-refractivity contribution is 7.07. The van der Waals surface area contributed by atoms with Gasteiger partial charge >= 0.3 is 5.97 Å². The highest BCUT2D eigenvalue weighted by atomic mass is 32.1. The highest BCUT2D eigenvalue weighted by Crippen LogP contribution is 2.12. The van der Waals surface area contributed by atoms with E-state index in [0.717, 1.165) is 0 Å². The molecule has 0 aromatic carbocycles. The fraction of sp³-hybridized carbons (Fsp3) is 0.167. The van der Waals surface area contributed by atoms with Gasteiger partial charge in [-0.15, -0.1) is 0 Å². The maximum atomic E-state index is 10.8. The van der Waals surface area contributed by atoms with Gasteiger partial charge in [0, 0.05) is 6.54 Å². The molecule has 4 nitrogen and oxygen atoms in total. The van der Waals surface area contributed by atoms with Crippen molar-refractivity contribution in [2.45, 2.75) is 13.5 Å². The van der Waals surface area contributed by atoms with Crippen LogP contribution in [0.3, 0.4) is 0 Å². The molecule has 2 rings (SSSR count). The molecule has 2 N–H and O–H groups in total. The second-order valence-electron chi connectivity index (χ2n) is 3.62. The Bertz CT molecular complexity index is 523. The molecule has 0 saturated carbocycles. The molecular formula is C12H12N2O2S. The first-order valence-electron chi connectivity index (χ1n) is 5.12. The molecule has 0 atom stereocenters. The Labute approximate surface area is 103 Å². The fourth-order valence-corrected chi connectivity index (χ4v) is 2.14. The molecule has 0 aliphatic carbocycles. The summed E-state index contributed by atoms with van der Waals surface area (Å²) in [6.07, 6.45) is 0. The van der Waals surface area contributed by atoms with Crippen molar-refractivity contribution in [2.24, 2.45) is 0 Å². The summed E-state index contributed by atoms with van der Waals surface area (Å²) in [4.78, 5) is 15.0. The second kappa shape index (κ2) is 4.97. The summed E-state index contributed by atoms with van der Waals surface area (Å²) in [6, 6.07) is 5.29. The third-order valence-corrected chi connectivity index (χ3v) is 3.10. The Kier molecular flexibility index (Phi) is 3.39. The molecule has 0 spiro atoms. The maximum absolute atomic E-state index is 10.8. The minimum atomic E-state index is -0.945. The van der Waals surface area contributed by atoms with Crippen LogP contribution in [0.5, 0.6) is 0 Å². The molecule has 2 aromatic rings. The number of nitrogens with one attached hydrogen (secondary N) is 1. The van der Waals surface area contributed by atoms with Crippen LogP contribution in [-0.4, -0.2) is 16.1 Å². The number of nitrogens with zero attached hydrogens (tertiary/aromatic N) is 1. The minimum absolute atomic E-state index is 0.242. The van der Waals surface area contributed by atoms with Gasteiger partial charge in [-0.3, -0.25) is 0 Å². The first-order valence-corrected chi connectivity index (χ1v) is 6.07. The number of aromatic carboxylic acids is 1. The number of anilines is 1. The van der Waals surface area contributed by atoms with Crippen LogP contribution in [0, 0.1) is 6.92 Å². The van der Waals surface area contributed by atoms with Crippen LogP contribution < -0.4 is 5.32 Å². The lowest BCUT2D eigenvalue weighted by molar-refractivity contribution is 0.0695. The highest BCUT2D eigenvalue weighted by Gasteiger charge is 2.08. The van der Waals surface area contributed by atoms with Gasteiger partial charge < -0.3 is 10.4 Å². The van der Waals surface area contributed by atoms with Crippen LogP contribution in [0.15, 0.2) is 29.0 Å². The molecule has 5 heteroatoms. The van der Waals surface area contributed by atoms with Crippen LogP contribution in [0.25, 0.3) is 0 Å². The largest absolute Gasteiger partial charge is 0.478 e. The predicted molar refractivity (Wildman–Crippen MR) is 67.6 cm³/mol. The smallest absolute Gasteiger partial charge is 0.337 e. The van der Waals surface area contributed by atoms with E-state index in [1.165, 1.54) is 5.56 Å². The van der Waals surface area contributed by atoms with E-state index in [4.69, 9.17) is 5.11 Å². The van der Waals surface area contributed by atoms with Gasteiger partial charge in [-0.2, -0.15) is 11.3 Å². The molecule has 0 aliphatic rings. The van der Waals surface area contributed by atoms with E-state index in [1.54, 1.807) is 30.4 Å². The molecule has 0 radical (unpaired) electrons. The molecule has 0 aliphatic heterocycles. The normalized spacial score (nSPS) is 10.2. The summed E-state index contributed by atoms with van der Waals surface area (Å²) in [6.45, 7) is 2.39. The molecular weight excluding hydrogens is 236 g/mol. The summed E-state index contributed by atoms with van der Waals surface area (Å²) >= 11 is 1.65. The van der Waals surface area contributed by atoms with E-state index in [-0.39, 0.29) is 5.56 Å². The number of carbonyl (C=O) groups is 1. The van der Waals surface area contributed by atoms with Gasteiger partial charge in [-0.25, -0.2) is 9.78 Å². The number of rotatable bonds is 4. The Morgan fingerprint density at radius 1 is 1.47 bits per heavy atom. The molecule has 2 heterocycles. The van der Waals surface area contributed by atoms with Crippen molar-refractivity contribution in [3.8, 4) is 0 Å². The summed E-state index contributed by atoms with van der Waals surface area (Å²) in [5.74, 6) is -0.252. The summed E-state index contributed by atoms with van der Waals surface area (Å²) in [5, 5.41) is 16.1. The molecule has 0 bridgehead atoms. The van der Waals surface area contributed by atoms with Crippen molar-refractivity contribution in [1.29, 1.82) is 0 Å². The Morgan fingerprint density at radius 2 is 2.29 bits per heavy atom. The van der Waals surface area contributed by atoms with Crippen molar-refractivity contribution in [3.05, 3.63) is 45.8 Å². The van der Waals surface area contributed by atoms with Crippen molar-refractivity contribution in [2.75, 3.05) is 5.32 Å². The molecule has 0 unspecified atom stereocenters. The van der Waals surface area contributed by atoms with Crippen molar-refractivity contribution in [1.82, 2.24) is 4.98 Å². The monoisotopic (exact) mass is 248 g/mol. The first kappa shape index (κ1) is 11.6. The van der Waals surface area contributed by atoms with Crippen molar-refractivity contribution < 1.29 is 9.90 Å². The number of aromatic nitrogens is 1. The Balaban J connectivity index is 2.07. The van der Waals surface area contributed by atoms with E-state index < -0.39 is 5.97 Å². The third-order valence-electron chi connectivity index (χ3n) is 2.37. The van der Waals surface area contributed by atoms with Gasteiger partial charge in [0.2, 0.25) is 0 Å². The number of carboxylic acid groups (broad SMARTS) is 1. The zero-order chi connectivity index (χ0) is 12.3. The van der Waals surface area contributed by atoms with Crippen LogP contribution >= 0.6 is 11.3 Å². The van der Waals surface area contributed by atoms with E-state index in [1.807, 2.05) is 11.4 Å². The van der Waals surface area contributed by atoms with Gasteiger partial charge in [0.25, 0.3) is 0 Å². The molecule has 88 valence electrons.